The van der Waals surface area contributed by atoms with E-state index in [9.17, 15) is 4.39 Å². The van der Waals surface area contributed by atoms with E-state index in [1.807, 2.05) is 6.07 Å². The Kier molecular flexibility index (Phi) is 3.09. The Bertz CT molecular complexity index is 276. The summed E-state index contributed by atoms with van der Waals surface area (Å²) in [6, 6.07) is 7.66. The van der Waals surface area contributed by atoms with E-state index in [0.29, 0.717) is 18.8 Å². The highest BCUT2D eigenvalue weighted by Gasteiger charge is 1.92. The fourth-order valence-corrected chi connectivity index (χ4v) is 0.745. The predicted molar refractivity (Wildman–Crippen MR) is 42.1 cm³/mol. The van der Waals surface area contributed by atoms with Crippen LogP contribution < -0.4 is 4.74 Å². The van der Waals surface area contributed by atoms with Crippen molar-refractivity contribution in [2.45, 2.75) is 6.42 Å². The summed E-state index contributed by atoms with van der Waals surface area (Å²) in [4.78, 5) is 0. The molecule has 0 aromatic heterocycles. The van der Waals surface area contributed by atoms with E-state index in [1.165, 1.54) is 24.3 Å². The lowest BCUT2D eigenvalue weighted by atomic mass is 10.3. The third-order valence-corrected chi connectivity index (χ3v) is 1.30. The van der Waals surface area contributed by atoms with E-state index in [4.69, 9.17) is 10.00 Å². The van der Waals surface area contributed by atoms with E-state index in [0.717, 1.165) is 0 Å². The van der Waals surface area contributed by atoms with Gasteiger partial charge >= 0.3 is 0 Å². The average Bonchev–Trinajstić information content (AvgIpc) is 2.09. The van der Waals surface area contributed by atoms with Crippen molar-refractivity contribution in [3.05, 3.63) is 30.1 Å². The Balaban J connectivity index is 2.43. The monoisotopic (exact) mass is 165 g/mol. The van der Waals surface area contributed by atoms with Crippen LogP contribution >= 0.6 is 0 Å². The summed E-state index contributed by atoms with van der Waals surface area (Å²) in [6.45, 7) is 0.349. The van der Waals surface area contributed by atoms with Crippen LogP contribution in [0.15, 0.2) is 24.3 Å². The summed E-state index contributed by atoms with van der Waals surface area (Å²) >= 11 is 0. The minimum atomic E-state index is -0.289. The summed E-state index contributed by atoms with van der Waals surface area (Å²) in [5.41, 5.74) is 0. The van der Waals surface area contributed by atoms with Gasteiger partial charge in [-0.05, 0) is 24.3 Å². The van der Waals surface area contributed by atoms with Gasteiger partial charge in [-0.3, -0.25) is 0 Å². The maximum absolute atomic E-state index is 12.4. The molecule has 0 atom stereocenters. The Morgan fingerprint density at radius 3 is 2.58 bits per heavy atom. The smallest absolute Gasteiger partial charge is 0.123 e. The molecule has 1 aromatic rings. The fourth-order valence-electron chi connectivity index (χ4n) is 0.745. The molecule has 0 saturated carbocycles. The molecular formula is C9H8FNO. The maximum atomic E-state index is 12.4. The van der Waals surface area contributed by atoms with Crippen molar-refractivity contribution in [2.24, 2.45) is 0 Å². The second-order valence-corrected chi connectivity index (χ2v) is 2.21. The number of hydrogen-bond acceptors (Lipinski definition) is 2. The number of rotatable bonds is 3. The van der Waals surface area contributed by atoms with Gasteiger partial charge in [-0.15, -0.1) is 0 Å². The molecule has 0 amide bonds. The molecular weight excluding hydrogens is 157 g/mol. The van der Waals surface area contributed by atoms with Crippen molar-refractivity contribution >= 4 is 0 Å². The molecule has 0 aliphatic heterocycles. The van der Waals surface area contributed by atoms with Crippen LogP contribution in [0.5, 0.6) is 5.75 Å². The molecule has 0 bridgehead atoms. The molecule has 0 spiro atoms. The SMILES string of the molecule is N#CCCOc1ccc(F)cc1. The van der Waals surface area contributed by atoms with E-state index in [1.54, 1.807) is 0 Å². The molecule has 0 aliphatic carbocycles. The lowest BCUT2D eigenvalue weighted by Gasteiger charge is -2.01. The van der Waals surface area contributed by atoms with Gasteiger partial charge in [-0.2, -0.15) is 5.26 Å². The van der Waals surface area contributed by atoms with Crippen molar-refractivity contribution in [3.8, 4) is 11.8 Å². The van der Waals surface area contributed by atoms with Gasteiger partial charge < -0.3 is 4.74 Å². The first-order valence-corrected chi connectivity index (χ1v) is 3.58. The lowest BCUT2D eigenvalue weighted by Crippen LogP contribution is -1.95. The van der Waals surface area contributed by atoms with Crippen molar-refractivity contribution in [3.63, 3.8) is 0 Å². The second kappa shape index (κ2) is 4.35. The van der Waals surface area contributed by atoms with Crippen molar-refractivity contribution in [2.75, 3.05) is 6.61 Å². The van der Waals surface area contributed by atoms with E-state index in [2.05, 4.69) is 0 Å². The van der Waals surface area contributed by atoms with Crippen LogP contribution in [-0.4, -0.2) is 6.61 Å². The van der Waals surface area contributed by atoms with Gasteiger partial charge in [-0.25, -0.2) is 4.39 Å². The first kappa shape index (κ1) is 8.54. The Hall–Kier alpha value is -1.56. The number of nitrogens with zero attached hydrogens (tertiary/aromatic N) is 1. The number of ether oxygens (including phenoxy) is 1. The summed E-state index contributed by atoms with van der Waals surface area (Å²) in [5.74, 6) is 0.300. The van der Waals surface area contributed by atoms with Crippen LogP contribution in [0.25, 0.3) is 0 Å². The molecule has 0 radical (unpaired) electrons. The molecule has 12 heavy (non-hydrogen) atoms. The van der Waals surface area contributed by atoms with Crippen LogP contribution in [0.1, 0.15) is 6.42 Å². The first-order chi connectivity index (χ1) is 5.83. The third kappa shape index (κ3) is 2.59. The van der Waals surface area contributed by atoms with Gasteiger partial charge in [-0.1, -0.05) is 0 Å². The molecule has 3 heteroatoms. The number of hydrogen-bond donors (Lipinski definition) is 0. The molecule has 2 nitrogen and oxygen atoms in total. The number of halogens is 1. The fraction of sp³-hybridized carbons (Fsp3) is 0.222. The van der Waals surface area contributed by atoms with Crippen LogP contribution in [-0.2, 0) is 0 Å². The molecule has 0 unspecified atom stereocenters. The molecule has 0 saturated heterocycles. The Labute approximate surface area is 70.2 Å². The van der Waals surface area contributed by atoms with E-state index < -0.39 is 0 Å². The number of nitriles is 1. The van der Waals surface area contributed by atoms with Gasteiger partial charge in [0, 0.05) is 0 Å². The highest BCUT2D eigenvalue weighted by Crippen LogP contribution is 2.10. The van der Waals surface area contributed by atoms with Crippen molar-refractivity contribution in [1.29, 1.82) is 5.26 Å². The average molecular weight is 165 g/mol. The minimum absolute atomic E-state index is 0.289. The predicted octanol–water partition coefficient (Wildman–Crippen LogP) is 2.12. The molecule has 1 rings (SSSR count). The van der Waals surface area contributed by atoms with Gasteiger partial charge in [0.05, 0.1) is 12.5 Å². The van der Waals surface area contributed by atoms with Crippen molar-refractivity contribution < 1.29 is 9.13 Å². The van der Waals surface area contributed by atoms with Gasteiger partial charge in [0.15, 0.2) is 0 Å². The van der Waals surface area contributed by atoms with Gasteiger partial charge in [0.25, 0.3) is 0 Å². The minimum Gasteiger partial charge on any atom is -0.493 e. The molecule has 0 heterocycles. The van der Waals surface area contributed by atoms with Crippen molar-refractivity contribution in [1.82, 2.24) is 0 Å². The van der Waals surface area contributed by atoms with Crippen LogP contribution in [0.4, 0.5) is 4.39 Å². The molecule has 0 aliphatic rings. The maximum Gasteiger partial charge on any atom is 0.123 e. The molecule has 0 N–H and O–H groups in total. The second-order valence-electron chi connectivity index (χ2n) is 2.21. The number of benzene rings is 1. The summed E-state index contributed by atoms with van der Waals surface area (Å²) < 4.78 is 17.5. The largest absolute Gasteiger partial charge is 0.493 e. The zero-order valence-electron chi connectivity index (χ0n) is 6.46. The van der Waals surface area contributed by atoms with E-state index >= 15 is 0 Å². The zero-order valence-corrected chi connectivity index (χ0v) is 6.46. The Morgan fingerprint density at radius 2 is 2.00 bits per heavy atom. The van der Waals surface area contributed by atoms with Gasteiger partial charge in [0.2, 0.25) is 0 Å². The summed E-state index contributed by atoms with van der Waals surface area (Å²) in [5, 5.41) is 8.20. The summed E-state index contributed by atoms with van der Waals surface area (Å²) in [6.07, 6.45) is 0.345. The Morgan fingerprint density at radius 1 is 1.33 bits per heavy atom. The standard InChI is InChI=1S/C9H8FNO/c10-8-2-4-9(5-3-8)12-7-1-6-11/h2-5H,1,7H2. The summed E-state index contributed by atoms with van der Waals surface area (Å²) in [7, 11) is 0. The lowest BCUT2D eigenvalue weighted by molar-refractivity contribution is 0.326. The topological polar surface area (TPSA) is 33.0 Å². The highest BCUT2D eigenvalue weighted by atomic mass is 19.1. The zero-order chi connectivity index (χ0) is 8.81. The first-order valence-electron chi connectivity index (χ1n) is 3.58. The quantitative estimate of drug-likeness (QED) is 0.642. The van der Waals surface area contributed by atoms with Crippen LogP contribution in [0, 0.1) is 17.1 Å². The third-order valence-electron chi connectivity index (χ3n) is 1.30. The van der Waals surface area contributed by atoms with E-state index in [-0.39, 0.29) is 5.82 Å². The normalized spacial score (nSPS) is 9.00. The van der Waals surface area contributed by atoms with Crippen LogP contribution in [0.2, 0.25) is 0 Å². The molecule has 1 aromatic carbocycles. The van der Waals surface area contributed by atoms with Crippen LogP contribution in [0.3, 0.4) is 0 Å². The molecule has 0 fully saturated rings. The van der Waals surface area contributed by atoms with Gasteiger partial charge in [0.1, 0.15) is 18.2 Å². The molecule has 62 valence electrons. The highest BCUT2D eigenvalue weighted by molar-refractivity contribution is 5.21.